The van der Waals surface area contributed by atoms with Crippen LogP contribution in [0.2, 0.25) is 0 Å². The molecule has 0 fully saturated rings. The Morgan fingerprint density at radius 2 is 1.95 bits per heavy atom. The van der Waals surface area contributed by atoms with Crippen molar-refractivity contribution in [2.75, 3.05) is 0 Å². The molecule has 0 radical (unpaired) electrons. The van der Waals surface area contributed by atoms with Crippen LogP contribution < -0.4 is 5.56 Å². The van der Waals surface area contributed by atoms with Gasteiger partial charge >= 0.3 is 0 Å². The summed E-state index contributed by atoms with van der Waals surface area (Å²) < 4.78 is 0. The number of H-pyrrole nitrogens is 1. The lowest BCUT2D eigenvalue weighted by molar-refractivity contribution is 0.0988. The lowest BCUT2D eigenvalue weighted by Crippen LogP contribution is -2.09. The predicted molar refractivity (Wildman–Crippen MR) is 84.0 cm³/mol. The second-order valence-electron chi connectivity index (χ2n) is 4.70. The Balaban J connectivity index is 2.18. The fraction of sp³-hybridized carbons (Fsp3) is 0.312. The number of ketones is 1. The number of Topliss-reactive ketones (excluding diaryl/α,β-unsaturated/α-hetero) is 1. The molecule has 0 amide bonds. The van der Waals surface area contributed by atoms with E-state index in [1.54, 1.807) is 0 Å². The van der Waals surface area contributed by atoms with Crippen LogP contribution in [0.3, 0.4) is 0 Å². The molecule has 5 heteroatoms. The molecule has 1 heterocycles. The standard InChI is InChI=1S/C16H18N2O2S/c1-3-5-12-10-15(20)18-16(17-12)21-13-8-6-11(7-9-13)14(19)4-2/h6-10H,3-5H2,1-2H3,(H,17,18,20). The summed E-state index contributed by atoms with van der Waals surface area (Å²) in [6.07, 6.45) is 2.25. The van der Waals surface area contributed by atoms with E-state index in [-0.39, 0.29) is 11.3 Å². The van der Waals surface area contributed by atoms with Crippen molar-refractivity contribution >= 4 is 17.5 Å². The number of aromatic nitrogens is 2. The molecule has 1 aromatic carbocycles. The van der Waals surface area contributed by atoms with Gasteiger partial charge < -0.3 is 4.98 Å². The number of carbonyl (C=O) groups excluding carboxylic acids is 1. The summed E-state index contributed by atoms with van der Waals surface area (Å²) in [6, 6.07) is 8.90. The molecule has 4 nitrogen and oxygen atoms in total. The van der Waals surface area contributed by atoms with Gasteiger partial charge in [0, 0.05) is 28.6 Å². The molecular formula is C16H18N2O2S. The van der Waals surface area contributed by atoms with E-state index in [2.05, 4.69) is 16.9 Å². The molecule has 0 unspecified atom stereocenters. The van der Waals surface area contributed by atoms with Crippen molar-refractivity contribution in [3.8, 4) is 0 Å². The molecular weight excluding hydrogens is 284 g/mol. The summed E-state index contributed by atoms with van der Waals surface area (Å²) in [5.41, 5.74) is 1.39. The van der Waals surface area contributed by atoms with Crippen LogP contribution in [-0.2, 0) is 6.42 Å². The Bertz CT molecular complexity index is 677. The number of nitrogens with one attached hydrogen (secondary N) is 1. The highest BCUT2D eigenvalue weighted by Crippen LogP contribution is 2.24. The fourth-order valence-corrected chi connectivity index (χ4v) is 2.75. The highest BCUT2D eigenvalue weighted by atomic mass is 32.2. The molecule has 0 aliphatic carbocycles. The molecule has 0 saturated carbocycles. The average Bonchev–Trinajstić information content (AvgIpc) is 2.47. The maximum atomic E-state index is 11.6. The Morgan fingerprint density at radius 1 is 1.24 bits per heavy atom. The molecule has 0 saturated heterocycles. The number of hydrogen-bond acceptors (Lipinski definition) is 4. The Hall–Kier alpha value is -1.88. The quantitative estimate of drug-likeness (QED) is 0.655. The Kier molecular flexibility index (Phi) is 5.33. The summed E-state index contributed by atoms with van der Waals surface area (Å²) in [5.74, 6) is 0.128. The van der Waals surface area contributed by atoms with Gasteiger partial charge in [0.2, 0.25) is 0 Å². The smallest absolute Gasteiger partial charge is 0.251 e. The zero-order valence-corrected chi connectivity index (χ0v) is 13.0. The maximum Gasteiger partial charge on any atom is 0.251 e. The molecule has 0 atom stereocenters. The molecule has 0 bridgehead atoms. The van der Waals surface area contributed by atoms with E-state index in [9.17, 15) is 9.59 Å². The highest BCUT2D eigenvalue weighted by molar-refractivity contribution is 7.99. The molecule has 2 aromatic rings. The third-order valence-electron chi connectivity index (χ3n) is 2.99. The van der Waals surface area contributed by atoms with E-state index in [4.69, 9.17) is 0 Å². The highest BCUT2D eigenvalue weighted by Gasteiger charge is 2.06. The van der Waals surface area contributed by atoms with Crippen LogP contribution in [0, 0.1) is 0 Å². The van der Waals surface area contributed by atoms with Gasteiger partial charge in [-0.1, -0.05) is 44.2 Å². The number of hydrogen-bond donors (Lipinski definition) is 1. The van der Waals surface area contributed by atoms with Crippen molar-refractivity contribution in [3.63, 3.8) is 0 Å². The molecule has 0 aliphatic rings. The van der Waals surface area contributed by atoms with Gasteiger partial charge in [0.1, 0.15) is 0 Å². The van der Waals surface area contributed by atoms with Crippen molar-refractivity contribution in [1.29, 1.82) is 0 Å². The second-order valence-corrected chi connectivity index (χ2v) is 5.76. The van der Waals surface area contributed by atoms with Crippen LogP contribution in [0.15, 0.2) is 45.2 Å². The summed E-state index contributed by atoms with van der Waals surface area (Å²) in [6.45, 7) is 3.90. The molecule has 110 valence electrons. The topological polar surface area (TPSA) is 62.8 Å². The van der Waals surface area contributed by atoms with Crippen molar-refractivity contribution < 1.29 is 4.79 Å². The summed E-state index contributed by atoms with van der Waals surface area (Å²) >= 11 is 1.39. The largest absolute Gasteiger partial charge is 0.301 e. The monoisotopic (exact) mass is 302 g/mol. The lowest BCUT2D eigenvalue weighted by atomic mass is 10.1. The predicted octanol–water partition coefficient (Wildman–Crippen LogP) is 3.47. The van der Waals surface area contributed by atoms with Crippen molar-refractivity contribution in [3.05, 3.63) is 51.9 Å². The van der Waals surface area contributed by atoms with Gasteiger partial charge in [-0.25, -0.2) is 4.98 Å². The third kappa shape index (κ3) is 4.29. The van der Waals surface area contributed by atoms with Gasteiger partial charge in [-0.05, 0) is 18.6 Å². The summed E-state index contributed by atoms with van der Waals surface area (Å²) in [4.78, 5) is 31.3. The van der Waals surface area contributed by atoms with E-state index >= 15 is 0 Å². The minimum absolute atomic E-state index is 0.128. The number of aryl methyl sites for hydroxylation is 1. The van der Waals surface area contributed by atoms with E-state index in [1.165, 1.54) is 17.8 Å². The molecule has 2 rings (SSSR count). The van der Waals surface area contributed by atoms with Gasteiger partial charge in [0.25, 0.3) is 5.56 Å². The number of nitrogens with zero attached hydrogens (tertiary/aromatic N) is 1. The van der Waals surface area contributed by atoms with Crippen molar-refractivity contribution in [2.45, 2.75) is 43.2 Å². The van der Waals surface area contributed by atoms with Crippen LogP contribution in [0.4, 0.5) is 0 Å². The van der Waals surface area contributed by atoms with Crippen molar-refractivity contribution in [1.82, 2.24) is 9.97 Å². The number of benzene rings is 1. The van der Waals surface area contributed by atoms with E-state index in [0.717, 1.165) is 23.4 Å². The molecule has 0 aliphatic heterocycles. The molecule has 1 aromatic heterocycles. The van der Waals surface area contributed by atoms with E-state index in [1.807, 2.05) is 31.2 Å². The fourth-order valence-electron chi connectivity index (χ4n) is 1.94. The first-order chi connectivity index (χ1) is 10.1. The number of rotatable bonds is 6. The van der Waals surface area contributed by atoms with Crippen LogP contribution in [-0.4, -0.2) is 15.8 Å². The molecule has 0 spiro atoms. The zero-order chi connectivity index (χ0) is 15.2. The van der Waals surface area contributed by atoms with Crippen LogP contribution in [0.25, 0.3) is 0 Å². The zero-order valence-electron chi connectivity index (χ0n) is 12.2. The van der Waals surface area contributed by atoms with Gasteiger partial charge in [0.05, 0.1) is 0 Å². The van der Waals surface area contributed by atoms with Gasteiger partial charge in [-0.2, -0.15) is 0 Å². The first-order valence-electron chi connectivity index (χ1n) is 7.03. The van der Waals surface area contributed by atoms with E-state index < -0.39 is 0 Å². The molecule has 21 heavy (non-hydrogen) atoms. The third-order valence-corrected chi connectivity index (χ3v) is 3.89. The normalized spacial score (nSPS) is 10.6. The summed E-state index contributed by atoms with van der Waals surface area (Å²) in [7, 11) is 0. The van der Waals surface area contributed by atoms with Gasteiger partial charge in [-0.15, -0.1) is 0 Å². The van der Waals surface area contributed by atoms with Crippen LogP contribution >= 0.6 is 11.8 Å². The first kappa shape index (κ1) is 15.5. The second kappa shape index (κ2) is 7.22. The first-order valence-corrected chi connectivity index (χ1v) is 7.85. The maximum absolute atomic E-state index is 11.6. The van der Waals surface area contributed by atoms with Gasteiger partial charge in [-0.3, -0.25) is 9.59 Å². The van der Waals surface area contributed by atoms with Gasteiger partial charge in [0.15, 0.2) is 10.9 Å². The van der Waals surface area contributed by atoms with E-state index in [0.29, 0.717) is 17.1 Å². The number of carbonyl (C=O) groups is 1. The Labute approximate surface area is 128 Å². The SMILES string of the molecule is CCCc1cc(=O)[nH]c(Sc2ccc(C(=O)CC)cc2)n1. The minimum atomic E-state index is -0.131. The Morgan fingerprint density at radius 3 is 2.57 bits per heavy atom. The number of aromatic amines is 1. The lowest BCUT2D eigenvalue weighted by Gasteiger charge is -2.04. The minimum Gasteiger partial charge on any atom is -0.301 e. The molecule has 1 N–H and O–H groups in total. The summed E-state index contributed by atoms with van der Waals surface area (Å²) in [5, 5.41) is 0.584. The van der Waals surface area contributed by atoms with Crippen LogP contribution in [0.5, 0.6) is 0 Å². The average molecular weight is 302 g/mol. The van der Waals surface area contributed by atoms with Crippen molar-refractivity contribution in [2.24, 2.45) is 0 Å². The van der Waals surface area contributed by atoms with Crippen LogP contribution in [0.1, 0.15) is 42.7 Å².